The van der Waals surface area contributed by atoms with Crippen molar-refractivity contribution < 1.29 is 14.3 Å². The lowest BCUT2D eigenvalue weighted by atomic mass is 10.2. The summed E-state index contributed by atoms with van der Waals surface area (Å²) in [6.45, 7) is 1.99. The van der Waals surface area contributed by atoms with Crippen LogP contribution >= 0.6 is 27.5 Å². The van der Waals surface area contributed by atoms with E-state index in [1.165, 1.54) is 0 Å². The minimum absolute atomic E-state index is 0.351. The van der Waals surface area contributed by atoms with Crippen molar-refractivity contribution >= 4 is 39.1 Å². The number of pyridine rings is 1. The van der Waals surface area contributed by atoms with Gasteiger partial charge in [-0.1, -0.05) is 18.5 Å². The molecule has 0 spiro atoms. The van der Waals surface area contributed by atoms with Crippen LogP contribution in [0.3, 0.4) is 0 Å². The van der Waals surface area contributed by atoms with Gasteiger partial charge in [-0.15, -0.1) is 0 Å². The number of hydrogen-bond acceptors (Lipinski definition) is 6. The lowest BCUT2D eigenvalue weighted by molar-refractivity contribution is 0.102. The molecule has 4 rings (SSSR count). The van der Waals surface area contributed by atoms with Crippen LogP contribution < -0.4 is 14.8 Å². The van der Waals surface area contributed by atoms with Crippen LogP contribution in [0.2, 0.25) is 5.02 Å². The van der Waals surface area contributed by atoms with Crippen molar-refractivity contribution in [1.82, 2.24) is 15.0 Å². The van der Waals surface area contributed by atoms with Crippen LogP contribution in [0.15, 0.2) is 71.5 Å². The second kappa shape index (κ2) is 10.6. The first-order chi connectivity index (χ1) is 16.5. The van der Waals surface area contributed by atoms with Gasteiger partial charge in [0.1, 0.15) is 17.3 Å². The summed E-state index contributed by atoms with van der Waals surface area (Å²) in [6, 6.07) is 15.6. The minimum atomic E-state index is -0.351. The number of amides is 1. The van der Waals surface area contributed by atoms with Gasteiger partial charge in [0.2, 0.25) is 5.88 Å². The van der Waals surface area contributed by atoms with Gasteiger partial charge in [0.05, 0.1) is 34.6 Å². The molecule has 2 aromatic heterocycles. The van der Waals surface area contributed by atoms with Gasteiger partial charge in [-0.05, 0) is 64.5 Å². The molecule has 0 fully saturated rings. The van der Waals surface area contributed by atoms with Crippen molar-refractivity contribution in [3.63, 3.8) is 0 Å². The summed E-state index contributed by atoms with van der Waals surface area (Å²) in [5.74, 6) is 1.77. The number of hydrogen-bond donors (Lipinski definition) is 1. The van der Waals surface area contributed by atoms with Crippen molar-refractivity contribution in [2.24, 2.45) is 0 Å². The standard InChI is InChI=1S/C25H20BrClN4O3/c1-3-23-28-12-10-21(30-23)17-5-4-11-29-25(17)34-16-7-9-20(27)22(14-16)31-24(32)18-13-15(33-2)6-8-19(18)26/h4-14H,3H2,1-2H3,(H,31,32). The van der Waals surface area contributed by atoms with Crippen LogP contribution in [0.5, 0.6) is 17.4 Å². The van der Waals surface area contributed by atoms with E-state index in [2.05, 4.69) is 36.2 Å². The van der Waals surface area contributed by atoms with Crippen molar-refractivity contribution in [3.05, 3.63) is 87.9 Å². The monoisotopic (exact) mass is 538 g/mol. The number of rotatable bonds is 7. The molecule has 172 valence electrons. The molecule has 0 radical (unpaired) electrons. The molecule has 9 heteroatoms. The van der Waals surface area contributed by atoms with Crippen molar-refractivity contribution in [1.29, 1.82) is 0 Å². The Morgan fingerprint density at radius 3 is 2.68 bits per heavy atom. The molecule has 7 nitrogen and oxygen atoms in total. The van der Waals surface area contributed by atoms with E-state index in [9.17, 15) is 4.79 Å². The lowest BCUT2D eigenvalue weighted by Gasteiger charge is -2.13. The zero-order valence-corrected chi connectivity index (χ0v) is 20.7. The van der Waals surface area contributed by atoms with E-state index in [1.54, 1.807) is 55.9 Å². The van der Waals surface area contributed by atoms with E-state index in [1.807, 2.05) is 25.1 Å². The molecule has 0 saturated carbocycles. The van der Waals surface area contributed by atoms with E-state index < -0.39 is 0 Å². The number of aryl methyl sites for hydroxylation is 1. The van der Waals surface area contributed by atoms with Crippen LogP contribution in [-0.4, -0.2) is 28.0 Å². The van der Waals surface area contributed by atoms with Gasteiger partial charge >= 0.3 is 0 Å². The molecule has 1 amide bonds. The molecule has 2 heterocycles. The Morgan fingerprint density at radius 1 is 1.06 bits per heavy atom. The Hall–Kier alpha value is -3.49. The van der Waals surface area contributed by atoms with Crippen LogP contribution in [0.4, 0.5) is 5.69 Å². The fourth-order valence-electron chi connectivity index (χ4n) is 3.16. The summed E-state index contributed by atoms with van der Waals surface area (Å²) in [4.78, 5) is 26.1. The number of halogens is 2. The van der Waals surface area contributed by atoms with Crippen LogP contribution in [0.25, 0.3) is 11.3 Å². The van der Waals surface area contributed by atoms with Crippen LogP contribution in [0.1, 0.15) is 23.1 Å². The first kappa shape index (κ1) is 23.7. The third-order valence-corrected chi connectivity index (χ3v) is 5.91. The summed E-state index contributed by atoms with van der Waals surface area (Å²) >= 11 is 9.75. The summed E-state index contributed by atoms with van der Waals surface area (Å²) in [7, 11) is 1.54. The molecule has 0 saturated heterocycles. The molecule has 0 aliphatic rings. The Morgan fingerprint density at radius 2 is 1.88 bits per heavy atom. The normalized spacial score (nSPS) is 10.6. The quantitative estimate of drug-likeness (QED) is 0.286. The zero-order valence-electron chi connectivity index (χ0n) is 18.4. The number of anilines is 1. The molecular weight excluding hydrogens is 520 g/mol. The second-order valence-electron chi connectivity index (χ2n) is 7.11. The molecule has 0 aliphatic carbocycles. The van der Waals surface area contributed by atoms with Gasteiger partial charge in [0.25, 0.3) is 5.91 Å². The molecule has 4 aromatic rings. The van der Waals surface area contributed by atoms with E-state index in [0.29, 0.717) is 50.2 Å². The van der Waals surface area contributed by atoms with E-state index in [4.69, 9.17) is 21.1 Å². The van der Waals surface area contributed by atoms with Gasteiger partial charge in [-0.2, -0.15) is 0 Å². The number of nitrogens with zero attached hydrogens (tertiary/aromatic N) is 3. The number of benzene rings is 2. The highest BCUT2D eigenvalue weighted by Gasteiger charge is 2.16. The van der Waals surface area contributed by atoms with Crippen molar-refractivity contribution in [2.75, 3.05) is 12.4 Å². The summed E-state index contributed by atoms with van der Waals surface area (Å²) < 4.78 is 11.9. The number of carbonyl (C=O) groups is 1. The number of carbonyl (C=O) groups excluding carboxylic acids is 1. The summed E-state index contributed by atoms with van der Waals surface area (Å²) in [5.41, 5.74) is 2.23. The molecule has 0 aliphatic heterocycles. The minimum Gasteiger partial charge on any atom is -0.497 e. The van der Waals surface area contributed by atoms with E-state index >= 15 is 0 Å². The topological polar surface area (TPSA) is 86.2 Å². The highest BCUT2D eigenvalue weighted by Crippen LogP contribution is 2.34. The van der Waals surface area contributed by atoms with Gasteiger partial charge in [-0.3, -0.25) is 4.79 Å². The van der Waals surface area contributed by atoms with Gasteiger partial charge in [-0.25, -0.2) is 15.0 Å². The molecule has 0 unspecified atom stereocenters. The largest absolute Gasteiger partial charge is 0.497 e. The Labute approximate surface area is 210 Å². The van der Waals surface area contributed by atoms with Crippen molar-refractivity contribution in [3.8, 4) is 28.6 Å². The Balaban J connectivity index is 1.61. The number of nitrogens with one attached hydrogen (secondary N) is 1. The maximum absolute atomic E-state index is 12.9. The van der Waals surface area contributed by atoms with Gasteiger partial charge in [0.15, 0.2) is 0 Å². The molecule has 0 atom stereocenters. The zero-order chi connectivity index (χ0) is 24.1. The third kappa shape index (κ3) is 5.35. The maximum atomic E-state index is 12.9. The first-order valence-corrected chi connectivity index (χ1v) is 11.5. The predicted molar refractivity (Wildman–Crippen MR) is 135 cm³/mol. The third-order valence-electron chi connectivity index (χ3n) is 4.89. The first-order valence-electron chi connectivity index (χ1n) is 10.4. The molecule has 1 N–H and O–H groups in total. The Bertz CT molecular complexity index is 1350. The number of methoxy groups -OCH3 is 1. The fraction of sp³-hybridized carbons (Fsp3) is 0.120. The SMILES string of the molecule is CCc1nccc(-c2cccnc2Oc2ccc(Cl)c(NC(=O)c3cc(OC)ccc3Br)c2)n1. The smallest absolute Gasteiger partial charge is 0.256 e. The average molecular weight is 540 g/mol. The van der Waals surface area contributed by atoms with Crippen molar-refractivity contribution in [2.45, 2.75) is 13.3 Å². The summed E-state index contributed by atoms with van der Waals surface area (Å²) in [6.07, 6.45) is 4.07. The highest BCUT2D eigenvalue weighted by molar-refractivity contribution is 9.10. The van der Waals surface area contributed by atoms with E-state index in [0.717, 1.165) is 11.4 Å². The lowest BCUT2D eigenvalue weighted by Crippen LogP contribution is -2.13. The molecule has 34 heavy (non-hydrogen) atoms. The molecule has 2 aromatic carbocycles. The van der Waals surface area contributed by atoms with Gasteiger partial charge < -0.3 is 14.8 Å². The fourth-order valence-corrected chi connectivity index (χ4v) is 3.75. The predicted octanol–water partition coefficient (Wildman–Crippen LogP) is 6.57. The Kier molecular flexibility index (Phi) is 7.40. The number of aromatic nitrogens is 3. The van der Waals surface area contributed by atoms with Crippen LogP contribution in [0, 0.1) is 0 Å². The molecular formula is C25H20BrClN4O3. The van der Waals surface area contributed by atoms with E-state index in [-0.39, 0.29) is 5.91 Å². The summed E-state index contributed by atoms with van der Waals surface area (Å²) in [5, 5.41) is 3.19. The second-order valence-corrected chi connectivity index (χ2v) is 8.37. The number of ether oxygens (including phenoxy) is 2. The average Bonchev–Trinajstić information content (AvgIpc) is 2.86. The van der Waals surface area contributed by atoms with Crippen LogP contribution in [-0.2, 0) is 6.42 Å². The molecule has 0 bridgehead atoms. The maximum Gasteiger partial charge on any atom is 0.256 e. The highest BCUT2D eigenvalue weighted by atomic mass is 79.9. The van der Waals surface area contributed by atoms with Gasteiger partial charge in [0, 0.05) is 29.4 Å².